The first-order valence-electron chi connectivity index (χ1n) is 7.39. The summed E-state index contributed by atoms with van der Waals surface area (Å²) in [5, 5.41) is 4.26. The number of hydrazone groups is 1. The minimum absolute atomic E-state index is 0.868. The van der Waals surface area contributed by atoms with Crippen LogP contribution in [0.15, 0.2) is 77.9 Å². The average Bonchev–Trinajstić information content (AvgIpc) is 2.61. The van der Waals surface area contributed by atoms with Gasteiger partial charge in [0.15, 0.2) is 0 Å². The standard InChI is InChI=1S/C19H14N4/c1-2-6-15(7-3-1)23-20-13-14-10-11-18-19(12-14)22-17-9-5-4-8-16(17)21-18/h1-13,23H. The molecule has 3 aromatic carbocycles. The van der Waals surface area contributed by atoms with E-state index >= 15 is 0 Å². The van der Waals surface area contributed by atoms with E-state index in [0.29, 0.717) is 0 Å². The van der Waals surface area contributed by atoms with Crippen molar-refractivity contribution in [3.8, 4) is 0 Å². The van der Waals surface area contributed by atoms with E-state index < -0.39 is 0 Å². The van der Waals surface area contributed by atoms with Crippen molar-refractivity contribution in [1.29, 1.82) is 0 Å². The molecule has 0 saturated heterocycles. The van der Waals surface area contributed by atoms with Crippen molar-refractivity contribution in [3.63, 3.8) is 0 Å². The highest BCUT2D eigenvalue weighted by molar-refractivity contribution is 5.91. The van der Waals surface area contributed by atoms with Crippen LogP contribution in [0, 0.1) is 0 Å². The van der Waals surface area contributed by atoms with Gasteiger partial charge in [0.25, 0.3) is 0 Å². The van der Waals surface area contributed by atoms with Crippen molar-refractivity contribution in [1.82, 2.24) is 9.97 Å². The molecule has 0 bridgehead atoms. The Hall–Kier alpha value is -3.27. The minimum Gasteiger partial charge on any atom is -0.279 e. The van der Waals surface area contributed by atoms with Gasteiger partial charge >= 0.3 is 0 Å². The van der Waals surface area contributed by atoms with Crippen LogP contribution in [-0.4, -0.2) is 16.2 Å². The Morgan fingerprint density at radius 2 is 1.35 bits per heavy atom. The van der Waals surface area contributed by atoms with Gasteiger partial charge in [-0.25, -0.2) is 9.97 Å². The van der Waals surface area contributed by atoms with Gasteiger partial charge in [0.1, 0.15) is 0 Å². The summed E-state index contributed by atoms with van der Waals surface area (Å²) in [7, 11) is 0. The van der Waals surface area contributed by atoms with Gasteiger partial charge in [0.2, 0.25) is 0 Å². The predicted molar refractivity (Wildman–Crippen MR) is 94.7 cm³/mol. The quantitative estimate of drug-likeness (QED) is 0.350. The predicted octanol–water partition coefficient (Wildman–Crippen LogP) is 4.23. The summed E-state index contributed by atoms with van der Waals surface area (Å²) in [6.07, 6.45) is 1.78. The molecule has 0 atom stereocenters. The SMILES string of the molecule is C(=NNc1ccccc1)c1ccc2nc3ccccc3nc2c1. The number of anilines is 1. The zero-order valence-electron chi connectivity index (χ0n) is 12.3. The maximum Gasteiger partial charge on any atom is 0.0901 e. The Morgan fingerprint density at radius 3 is 2.13 bits per heavy atom. The third-order valence-electron chi connectivity index (χ3n) is 3.54. The lowest BCUT2D eigenvalue weighted by Crippen LogP contribution is -1.92. The highest BCUT2D eigenvalue weighted by Crippen LogP contribution is 2.16. The van der Waals surface area contributed by atoms with Crippen molar-refractivity contribution in [3.05, 3.63) is 78.4 Å². The van der Waals surface area contributed by atoms with Gasteiger partial charge in [0.05, 0.1) is 34.0 Å². The molecule has 0 radical (unpaired) electrons. The molecule has 1 heterocycles. The van der Waals surface area contributed by atoms with Crippen LogP contribution in [-0.2, 0) is 0 Å². The van der Waals surface area contributed by atoms with Gasteiger partial charge in [-0.2, -0.15) is 5.10 Å². The summed E-state index contributed by atoms with van der Waals surface area (Å²) in [5.74, 6) is 0. The van der Waals surface area contributed by atoms with Gasteiger partial charge in [-0.15, -0.1) is 0 Å². The zero-order chi connectivity index (χ0) is 15.5. The van der Waals surface area contributed by atoms with Crippen LogP contribution in [0.1, 0.15) is 5.56 Å². The van der Waals surface area contributed by atoms with Crippen LogP contribution in [0.4, 0.5) is 5.69 Å². The number of rotatable bonds is 3. The molecule has 4 nitrogen and oxygen atoms in total. The third kappa shape index (κ3) is 2.87. The monoisotopic (exact) mass is 298 g/mol. The highest BCUT2D eigenvalue weighted by atomic mass is 15.3. The maximum atomic E-state index is 4.66. The van der Waals surface area contributed by atoms with Crippen molar-refractivity contribution in [2.75, 3.05) is 5.43 Å². The lowest BCUT2D eigenvalue weighted by atomic mass is 10.2. The second-order valence-corrected chi connectivity index (χ2v) is 5.20. The Bertz CT molecular complexity index is 994. The topological polar surface area (TPSA) is 50.2 Å². The van der Waals surface area contributed by atoms with Gasteiger partial charge in [-0.3, -0.25) is 5.43 Å². The molecular formula is C19H14N4. The molecular weight excluding hydrogens is 284 g/mol. The Morgan fingerprint density at radius 1 is 0.696 bits per heavy atom. The second-order valence-electron chi connectivity index (χ2n) is 5.20. The minimum atomic E-state index is 0.868. The van der Waals surface area contributed by atoms with E-state index in [1.54, 1.807) is 6.21 Å². The van der Waals surface area contributed by atoms with Gasteiger partial charge in [0, 0.05) is 0 Å². The molecule has 0 saturated carbocycles. The van der Waals surface area contributed by atoms with Gasteiger partial charge < -0.3 is 0 Å². The van der Waals surface area contributed by atoms with E-state index in [2.05, 4.69) is 20.5 Å². The fourth-order valence-corrected chi connectivity index (χ4v) is 2.41. The molecule has 0 spiro atoms. The van der Waals surface area contributed by atoms with Crippen molar-refractivity contribution < 1.29 is 0 Å². The van der Waals surface area contributed by atoms with Crippen molar-refractivity contribution in [2.45, 2.75) is 0 Å². The first-order chi connectivity index (χ1) is 11.4. The number of benzene rings is 3. The number of aromatic nitrogens is 2. The average molecular weight is 298 g/mol. The van der Waals surface area contributed by atoms with E-state index in [1.165, 1.54) is 0 Å². The number of nitrogens with zero attached hydrogens (tertiary/aromatic N) is 3. The molecule has 23 heavy (non-hydrogen) atoms. The molecule has 110 valence electrons. The summed E-state index contributed by atoms with van der Waals surface area (Å²) in [4.78, 5) is 9.28. The largest absolute Gasteiger partial charge is 0.279 e. The lowest BCUT2D eigenvalue weighted by Gasteiger charge is -2.02. The molecule has 1 aromatic heterocycles. The smallest absolute Gasteiger partial charge is 0.0901 e. The van der Waals surface area contributed by atoms with E-state index in [1.807, 2.05) is 72.8 Å². The number of fused-ring (bicyclic) bond motifs is 2. The third-order valence-corrected chi connectivity index (χ3v) is 3.54. The summed E-state index contributed by atoms with van der Waals surface area (Å²) in [5.41, 5.74) is 8.50. The molecule has 0 aliphatic heterocycles. The Kier molecular flexibility index (Phi) is 3.41. The number of hydrogen-bond donors (Lipinski definition) is 1. The molecule has 4 heteroatoms. The number of nitrogens with one attached hydrogen (secondary N) is 1. The molecule has 4 aromatic rings. The van der Waals surface area contributed by atoms with Crippen LogP contribution < -0.4 is 5.43 Å². The number of hydrogen-bond acceptors (Lipinski definition) is 4. The fraction of sp³-hybridized carbons (Fsp3) is 0. The van der Waals surface area contributed by atoms with E-state index in [-0.39, 0.29) is 0 Å². The summed E-state index contributed by atoms with van der Waals surface area (Å²) < 4.78 is 0. The molecule has 0 aliphatic carbocycles. The summed E-state index contributed by atoms with van der Waals surface area (Å²) in [6, 6.07) is 23.7. The summed E-state index contributed by atoms with van der Waals surface area (Å²) in [6.45, 7) is 0. The molecule has 0 unspecified atom stereocenters. The molecule has 4 rings (SSSR count). The fourth-order valence-electron chi connectivity index (χ4n) is 2.41. The first-order valence-corrected chi connectivity index (χ1v) is 7.39. The van der Waals surface area contributed by atoms with Crippen LogP contribution in [0.5, 0.6) is 0 Å². The lowest BCUT2D eigenvalue weighted by molar-refractivity contribution is 1.35. The number of para-hydroxylation sites is 3. The Balaban J connectivity index is 1.64. The van der Waals surface area contributed by atoms with Gasteiger partial charge in [-0.1, -0.05) is 36.4 Å². The highest BCUT2D eigenvalue weighted by Gasteiger charge is 2.01. The van der Waals surface area contributed by atoms with E-state index in [4.69, 9.17) is 0 Å². The summed E-state index contributed by atoms with van der Waals surface area (Å²) >= 11 is 0. The van der Waals surface area contributed by atoms with Gasteiger partial charge in [-0.05, 0) is 42.0 Å². The molecule has 0 fully saturated rings. The first kappa shape index (κ1) is 13.4. The normalized spacial score (nSPS) is 11.3. The van der Waals surface area contributed by atoms with Crippen LogP contribution in [0.25, 0.3) is 22.1 Å². The zero-order valence-corrected chi connectivity index (χ0v) is 12.3. The maximum absolute atomic E-state index is 4.66. The van der Waals surface area contributed by atoms with Crippen LogP contribution in [0.3, 0.4) is 0 Å². The van der Waals surface area contributed by atoms with Crippen molar-refractivity contribution in [2.24, 2.45) is 5.10 Å². The van der Waals surface area contributed by atoms with Crippen LogP contribution in [0.2, 0.25) is 0 Å². The Labute approximate surface area is 133 Å². The van der Waals surface area contributed by atoms with Crippen molar-refractivity contribution >= 4 is 34.0 Å². The molecule has 0 aliphatic rings. The molecule has 1 N–H and O–H groups in total. The van der Waals surface area contributed by atoms with E-state index in [0.717, 1.165) is 33.3 Å². The van der Waals surface area contributed by atoms with Crippen LogP contribution >= 0.6 is 0 Å². The molecule has 0 amide bonds. The van der Waals surface area contributed by atoms with E-state index in [9.17, 15) is 0 Å². The second kappa shape index (κ2) is 5.85.